The molecule has 0 aliphatic carbocycles. The molecule has 0 saturated heterocycles. The lowest BCUT2D eigenvalue weighted by Crippen LogP contribution is -2.04. The number of ketones is 2. The van der Waals surface area contributed by atoms with E-state index in [1.165, 1.54) is 40.6 Å². The van der Waals surface area contributed by atoms with Crippen molar-refractivity contribution < 1.29 is 28.5 Å². The second kappa shape index (κ2) is 11.1. The van der Waals surface area contributed by atoms with Gasteiger partial charge < -0.3 is 18.9 Å². The van der Waals surface area contributed by atoms with E-state index in [9.17, 15) is 9.59 Å². The van der Waals surface area contributed by atoms with Crippen LogP contribution in [0.4, 0.5) is 0 Å². The van der Waals surface area contributed by atoms with Crippen LogP contribution in [-0.2, 0) is 0 Å². The van der Waals surface area contributed by atoms with Gasteiger partial charge in [-0.05, 0) is 36.4 Å². The molecule has 3 aromatic carbocycles. The highest BCUT2D eigenvalue weighted by Gasteiger charge is 2.20. The lowest BCUT2D eigenvalue weighted by Gasteiger charge is -2.14. The van der Waals surface area contributed by atoms with E-state index in [0.29, 0.717) is 56.2 Å². The van der Waals surface area contributed by atoms with E-state index in [1.807, 2.05) is 6.07 Å². The first-order valence-corrected chi connectivity index (χ1v) is 11.6. The highest BCUT2D eigenvalue weighted by Crippen LogP contribution is 2.39. The van der Waals surface area contributed by atoms with Crippen LogP contribution in [0.25, 0.3) is 17.0 Å². The molecular formula is C29H24ClNO6. The maximum absolute atomic E-state index is 13.2. The van der Waals surface area contributed by atoms with Crippen LogP contribution in [0.1, 0.15) is 31.8 Å². The third-order valence-corrected chi connectivity index (χ3v) is 6.08. The highest BCUT2D eigenvalue weighted by atomic mass is 35.5. The van der Waals surface area contributed by atoms with Crippen molar-refractivity contribution in [3.05, 3.63) is 94.1 Å². The van der Waals surface area contributed by atoms with Crippen LogP contribution < -0.4 is 18.9 Å². The van der Waals surface area contributed by atoms with E-state index in [-0.39, 0.29) is 16.7 Å². The second-order valence-corrected chi connectivity index (χ2v) is 8.22. The monoisotopic (exact) mass is 517 g/mol. The van der Waals surface area contributed by atoms with Gasteiger partial charge in [0.2, 0.25) is 5.75 Å². The molecule has 188 valence electrons. The number of nitrogens with zero attached hydrogens (tertiary/aromatic N) is 1. The van der Waals surface area contributed by atoms with Crippen molar-refractivity contribution in [1.82, 2.24) is 4.98 Å². The SMILES string of the molecule is COc1cc(C(=O)/C=C/c2c(Cl)nc3c(C(=O)c4ccccc4)cccc3c2OC)cc(OC)c1OC. The molecule has 37 heavy (non-hydrogen) atoms. The molecule has 0 bridgehead atoms. The van der Waals surface area contributed by atoms with Crippen molar-refractivity contribution in [1.29, 1.82) is 0 Å². The number of ether oxygens (including phenoxy) is 4. The molecule has 0 unspecified atom stereocenters. The Morgan fingerprint density at radius 3 is 2.03 bits per heavy atom. The summed E-state index contributed by atoms with van der Waals surface area (Å²) in [6, 6.07) is 17.3. The first kappa shape index (κ1) is 25.7. The minimum atomic E-state index is -0.328. The lowest BCUT2D eigenvalue weighted by molar-refractivity contribution is 0.103. The molecule has 0 atom stereocenters. The van der Waals surface area contributed by atoms with Crippen molar-refractivity contribution in [3.8, 4) is 23.0 Å². The molecule has 4 aromatic rings. The summed E-state index contributed by atoms with van der Waals surface area (Å²) in [5, 5.41) is 0.681. The average Bonchev–Trinajstić information content (AvgIpc) is 2.94. The summed E-state index contributed by atoms with van der Waals surface area (Å²) in [6.45, 7) is 0. The van der Waals surface area contributed by atoms with Gasteiger partial charge in [0.05, 0.1) is 39.5 Å². The number of allylic oxidation sites excluding steroid dienone is 1. The number of hydrogen-bond donors (Lipinski definition) is 0. The zero-order valence-electron chi connectivity index (χ0n) is 20.7. The molecule has 0 saturated carbocycles. The van der Waals surface area contributed by atoms with E-state index >= 15 is 0 Å². The number of benzene rings is 3. The van der Waals surface area contributed by atoms with Crippen LogP contribution in [0.5, 0.6) is 23.0 Å². The summed E-state index contributed by atoms with van der Waals surface area (Å²) in [4.78, 5) is 30.7. The standard InChI is InChI=1S/C29H24ClNO6/c1-34-23-15-18(16-24(35-2)28(23)37-4)22(32)14-13-21-27(36-3)20-12-8-11-19(25(20)31-29(21)30)26(33)17-9-6-5-7-10-17/h5-16H,1-4H3/b14-13+. The first-order chi connectivity index (χ1) is 17.9. The zero-order valence-corrected chi connectivity index (χ0v) is 21.5. The fourth-order valence-corrected chi connectivity index (χ4v) is 4.25. The summed E-state index contributed by atoms with van der Waals surface area (Å²) >= 11 is 6.55. The van der Waals surface area contributed by atoms with Gasteiger partial charge in [-0.15, -0.1) is 0 Å². The predicted molar refractivity (Wildman–Crippen MR) is 143 cm³/mol. The van der Waals surface area contributed by atoms with Crippen LogP contribution in [0.15, 0.2) is 66.7 Å². The highest BCUT2D eigenvalue weighted by molar-refractivity contribution is 6.32. The van der Waals surface area contributed by atoms with Crippen molar-refractivity contribution in [2.45, 2.75) is 0 Å². The Kier molecular flexibility index (Phi) is 7.74. The average molecular weight is 518 g/mol. The van der Waals surface area contributed by atoms with E-state index in [1.54, 1.807) is 54.6 Å². The van der Waals surface area contributed by atoms with Gasteiger partial charge in [-0.2, -0.15) is 0 Å². The molecule has 0 amide bonds. The number of para-hydroxylation sites is 1. The van der Waals surface area contributed by atoms with Crippen LogP contribution in [0, 0.1) is 0 Å². The minimum absolute atomic E-state index is 0.0894. The van der Waals surface area contributed by atoms with E-state index in [0.717, 1.165) is 0 Å². The summed E-state index contributed by atoms with van der Waals surface area (Å²) in [7, 11) is 5.93. The molecule has 0 aliphatic rings. The van der Waals surface area contributed by atoms with Crippen LogP contribution in [0.2, 0.25) is 5.15 Å². The largest absolute Gasteiger partial charge is 0.495 e. The van der Waals surface area contributed by atoms with Gasteiger partial charge in [-0.25, -0.2) is 4.98 Å². The maximum Gasteiger partial charge on any atom is 0.203 e. The minimum Gasteiger partial charge on any atom is -0.495 e. The summed E-state index contributed by atoms with van der Waals surface area (Å²) in [5.74, 6) is 0.985. The van der Waals surface area contributed by atoms with Crippen LogP contribution in [-0.4, -0.2) is 45.0 Å². The predicted octanol–water partition coefficient (Wildman–Crippen LogP) is 6.05. The smallest absolute Gasteiger partial charge is 0.203 e. The Morgan fingerprint density at radius 1 is 0.784 bits per heavy atom. The lowest BCUT2D eigenvalue weighted by atomic mass is 9.99. The van der Waals surface area contributed by atoms with E-state index < -0.39 is 0 Å². The molecule has 0 N–H and O–H groups in total. The van der Waals surface area contributed by atoms with Gasteiger partial charge in [0.15, 0.2) is 23.1 Å². The van der Waals surface area contributed by atoms with Crippen molar-refractivity contribution >= 4 is 40.1 Å². The van der Waals surface area contributed by atoms with Crippen molar-refractivity contribution in [2.24, 2.45) is 0 Å². The normalized spacial score (nSPS) is 10.9. The molecule has 0 fully saturated rings. The Labute approximate surface area is 219 Å². The van der Waals surface area contributed by atoms with Gasteiger partial charge in [-0.1, -0.05) is 48.0 Å². The molecule has 0 spiro atoms. The number of fused-ring (bicyclic) bond motifs is 1. The fraction of sp³-hybridized carbons (Fsp3) is 0.138. The Balaban J connectivity index is 1.77. The fourth-order valence-electron chi connectivity index (χ4n) is 4.02. The number of aromatic nitrogens is 1. The quantitative estimate of drug-likeness (QED) is 0.152. The number of pyridine rings is 1. The van der Waals surface area contributed by atoms with Gasteiger partial charge in [0.25, 0.3) is 0 Å². The summed E-state index contributed by atoms with van der Waals surface area (Å²) < 4.78 is 21.7. The molecule has 1 heterocycles. The van der Waals surface area contributed by atoms with Crippen molar-refractivity contribution in [3.63, 3.8) is 0 Å². The second-order valence-electron chi connectivity index (χ2n) is 7.86. The van der Waals surface area contributed by atoms with Gasteiger partial charge >= 0.3 is 0 Å². The number of carbonyl (C=O) groups excluding carboxylic acids is 2. The number of carbonyl (C=O) groups is 2. The summed E-state index contributed by atoms with van der Waals surface area (Å²) in [6.07, 6.45) is 2.89. The molecular weight excluding hydrogens is 494 g/mol. The molecule has 1 aromatic heterocycles. The van der Waals surface area contributed by atoms with E-state index in [4.69, 9.17) is 30.5 Å². The van der Waals surface area contributed by atoms with Crippen LogP contribution in [0.3, 0.4) is 0 Å². The van der Waals surface area contributed by atoms with Gasteiger partial charge in [0.1, 0.15) is 10.9 Å². The molecule has 4 rings (SSSR count). The first-order valence-electron chi connectivity index (χ1n) is 11.2. The summed E-state index contributed by atoms with van der Waals surface area (Å²) in [5.41, 5.74) is 2.07. The van der Waals surface area contributed by atoms with Gasteiger partial charge in [0, 0.05) is 22.1 Å². The number of halogens is 1. The van der Waals surface area contributed by atoms with Crippen molar-refractivity contribution in [2.75, 3.05) is 28.4 Å². The number of hydrogen-bond acceptors (Lipinski definition) is 7. The Hall–Kier alpha value is -4.36. The van der Waals surface area contributed by atoms with Gasteiger partial charge in [-0.3, -0.25) is 9.59 Å². The topological polar surface area (TPSA) is 84.0 Å². The van der Waals surface area contributed by atoms with E-state index in [2.05, 4.69) is 4.98 Å². The molecule has 7 nitrogen and oxygen atoms in total. The molecule has 0 aliphatic heterocycles. The number of methoxy groups -OCH3 is 4. The maximum atomic E-state index is 13.2. The molecule has 8 heteroatoms. The Bertz CT molecular complexity index is 1490. The zero-order chi connectivity index (χ0) is 26.5. The van der Waals surface area contributed by atoms with Crippen LogP contribution >= 0.6 is 11.6 Å². The Morgan fingerprint density at radius 2 is 1.43 bits per heavy atom. The third kappa shape index (κ3) is 4.99. The number of rotatable bonds is 9. The molecule has 0 radical (unpaired) electrons. The third-order valence-electron chi connectivity index (χ3n) is 5.79.